The largest absolute Gasteiger partial charge is 0.434 e. The number of carbonyl (C=O) groups is 1. The molecule has 0 spiro atoms. The van der Waals surface area contributed by atoms with E-state index in [4.69, 9.17) is 4.52 Å². The lowest BCUT2D eigenvalue weighted by atomic mass is 10.2. The summed E-state index contributed by atoms with van der Waals surface area (Å²) in [6.07, 6.45) is -4.11. The Hall–Kier alpha value is -2.42. The number of fused-ring (bicyclic) bond motifs is 1. The van der Waals surface area contributed by atoms with Crippen molar-refractivity contribution >= 4 is 28.1 Å². The van der Waals surface area contributed by atoms with Crippen LogP contribution in [0.1, 0.15) is 40.6 Å². The molecule has 0 saturated carbocycles. The molecule has 0 fully saturated rings. The third-order valence-corrected chi connectivity index (χ3v) is 4.37. The van der Waals surface area contributed by atoms with Crippen molar-refractivity contribution in [2.24, 2.45) is 0 Å². The molecule has 2 heterocycles. The van der Waals surface area contributed by atoms with Crippen molar-refractivity contribution in [3.63, 3.8) is 0 Å². The monoisotopic (exact) mass is 355 g/mol. The molecule has 24 heavy (non-hydrogen) atoms. The van der Waals surface area contributed by atoms with E-state index in [1.165, 1.54) is 0 Å². The van der Waals surface area contributed by atoms with E-state index < -0.39 is 23.8 Å². The third kappa shape index (κ3) is 3.12. The molecular formula is C15H12F3N3O2S. The van der Waals surface area contributed by atoms with Crippen LogP contribution in [0.5, 0.6) is 0 Å². The molecule has 1 aromatic carbocycles. The maximum absolute atomic E-state index is 12.7. The molecule has 2 aromatic heterocycles. The van der Waals surface area contributed by atoms with Gasteiger partial charge in [0.2, 0.25) is 5.76 Å². The predicted octanol–water partition coefficient (Wildman–Crippen LogP) is 4.18. The minimum atomic E-state index is -4.50. The minimum absolute atomic E-state index is 0.0247. The van der Waals surface area contributed by atoms with Crippen molar-refractivity contribution in [1.29, 1.82) is 0 Å². The number of nitrogens with one attached hydrogen (secondary N) is 1. The highest BCUT2D eigenvalue weighted by Gasteiger charge is 2.34. The van der Waals surface area contributed by atoms with Gasteiger partial charge in [0.15, 0.2) is 5.69 Å². The fourth-order valence-corrected chi connectivity index (χ4v) is 3.15. The first-order chi connectivity index (χ1) is 11.4. The van der Waals surface area contributed by atoms with Crippen LogP contribution in [0.15, 0.2) is 34.2 Å². The molecule has 1 N–H and O–H groups in total. The van der Waals surface area contributed by atoms with Gasteiger partial charge in [-0.15, -0.1) is 11.3 Å². The molecule has 0 bridgehead atoms. The minimum Gasteiger partial charge on any atom is -0.350 e. The van der Waals surface area contributed by atoms with E-state index in [1.807, 2.05) is 0 Å². The molecule has 1 amide bonds. The molecule has 1 unspecified atom stereocenters. The summed E-state index contributed by atoms with van der Waals surface area (Å²) in [7, 11) is 0. The van der Waals surface area contributed by atoms with Crippen molar-refractivity contribution in [2.45, 2.75) is 25.6 Å². The summed E-state index contributed by atoms with van der Waals surface area (Å²) in [6.45, 7) is 1.75. The van der Waals surface area contributed by atoms with Gasteiger partial charge >= 0.3 is 6.18 Å². The van der Waals surface area contributed by atoms with Crippen molar-refractivity contribution in [3.8, 4) is 0 Å². The molecule has 0 saturated heterocycles. The van der Waals surface area contributed by atoms with Gasteiger partial charge in [0, 0.05) is 5.38 Å². The number of carbonyl (C=O) groups excluding carboxylic acids is 1. The second kappa shape index (κ2) is 6.23. The van der Waals surface area contributed by atoms with Crippen LogP contribution in [-0.4, -0.2) is 16.0 Å². The lowest BCUT2D eigenvalue weighted by Gasteiger charge is -2.13. The Labute approximate surface area is 138 Å². The van der Waals surface area contributed by atoms with Gasteiger partial charge in [-0.3, -0.25) is 4.79 Å². The number of hydrogen-bond donors (Lipinski definition) is 1. The van der Waals surface area contributed by atoms with Crippen LogP contribution in [0.3, 0.4) is 0 Å². The summed E-state index contributed by atoms with van der Waals surface area (Å²) in [6, 6.07) is 6.25. The molecule has 3 aromatic rings. The summed E-state index contributed by atoms with van der Waals surface area (Å²) in [5, 5.41) is 8.11. The highest BCUT2D eigenvalue weighted by atomic mass is 32.1. The number of rotatable bonds is 4. The zero-order valence-corrected chi connectivity index (χ0v) is 13.2. The average molecular weight is 355 g/mol. The maximum Gasteiger partial charge on any atom is 0.434 e. The van der Waals surface area contributed by atoms with Gasteiger partial charge in [-0.25, -0.2) is 4.98 Å². The zero-order chi connectivity index (χ0) is 17.3. The number of alkyl halides is 3. The standard InChI is InChI=1S/C15H12F3N3O2S/c1-2-9(14-20-11(7-24-14)15(16,17)18)19-13(22)12-8-5-3-4-6-10(8)21-23-12/h3-7,9H,2H2,1H3,(H,19,22). The smallest absolute Gasteiger partial charge is 0.350 e. The molecule has 0 aliphatic carbocycles. The molecular weight excluding hydrogens is 343 g/mol. The van der Waals surface area contributed by atoms with E-state index in [1.54, 1.807) is 31.2 Å². The summed E-state index contributed by atoms with van der Waals surface area (Å²) in [4.78, 5) is 16.0. The van der Waals surface area contributed by atoms with E-state index >= 15 is 0 Å². The molecule has 0 aliphatic heterocycles. The van der Waals surface area contributed by atoms with Crippen LogP contribution in [0.25, 0.3) is 10.9 Å². The first-order valence-electron chi connectivity index (χ1n) is 7.08. The number of hydrogen-bond acceptors (Lipinski definition) is 5. The molecule has 126 valence electrons. The maximum atomic E-state index is 12.7. The van der Waals surface area contributed by atoms with Gasteiger partial charge in [0.25, 0.3) is 5.91 Å². The Morgan fingerprint density at radius 3 is 2.79 bits per heavy atom. The normalized spacial score (nSPS) is 13.2. The number of nitrogens with zero attached hydrogens (tertiary/aromatic N) is 2. The summed E-state index contributed by atoms with van der Waals surface area (Å²) in [5.74, 6) is -0.518. The fourth-order valence-electron chi connectivity index (χ4n) is 2.19. The molecule has 5 nitrogen and oxygen atoms in total. The van der Waals surface area contributed by atoms with E-state index in [2.05, 4.69) is 15.5 Å². The second-order valence-corrected chi connectivity index (χ2v) is 5.92. The Kier molecular flexibility index (Phi) is 4.27. The van der Waals surface area contributed by atoms with Crippen LogP contribution in [-0.2, 0) is 6.18 Å². The lowest BCUT2D eigenvalue weighted by Crippen LogP contribution is -2.28. The van der Waals surface area contributed by atoms with Crippen molar-refractivity contribution < 1.29 is 22.5 Å². The zero-order valence-electron chi connectivity index (χ0n) is 12.4. The summed E-state index contributed by atoms with van der Waals surface area (Å²) in [5.41, 5.74) is -0.426. The van der Waals surface area contributed by atoms with Gasteiger partial charge < -0.3 is 9.84 Å². The number of aromatic nitrogens is 2. The first kappa shape index (κ1) is 16.4. The highest BCUT2D eigenvalue weighted by Crippen LogP contribution is 2.32. The Bertz CT molecular complexity index is 872. The van der Waals surface area contributed by atoms with Gasteiger partial charge in [0.05, 0.1) is 11.4 Å². The van der Waals surface area contributed by atoms with Gasteiger partial charge in [-0.1, -0.05) is 24.2 Å². The number of halogens is 3. The summed E-state index contributed by atoms with van der Waals surface area (Å²) >= 11 is 0.860. The molecule has 1 atom stereocenters. The number of benzene rings is 1. The van der Waals surface area contributed by atoms with Gasteiger partial charge in [0.1, 0.15) is 10.5 Å². The Balaban J connectivity index is 1.82. The summed E-state index contributed by atoms with van der Waals surface area (Å²) < 4.78 is 43.0. The third-order valence-electron chi connectivity index (χ3n) is 3.41. The molecule has 9 heteroatoms. The number of thiazole rings is 1. The molecule has 0 radical (unpaired) electrons. The van der Waals surface area contributed by atoms with Crippen molar-refractivity contribution in [3.05, 3.63) is 46.1 Å². The lowest BCUT2D eigenvalue weighted by molar-refractivity contribution is -0.140. The van der Waals surface area contributed by atoms with Crippen molar-refractivity contribution in [2.75, 3.05) is 0 Å². The van der Waals surface area contributed by atoms with Crippen LogP contribution in [0.4, 0.5) is 13.2 Å². The SMILES string of the molecule is CCC(NC(=O)c1onc2ccccc12)c1nc(C(F)(F)F)cs1. The average Bonchev–Trinajstić information content (AvgIpc) is 3.18. The van der Waals surface area contributed by atoms with E-state index in [0.29, 0.717) is 17.3 Å². The highest BCUT2D eigenvalue weighted by molar-refractivity contribution is 7.09. The van der Waals surface area contributed by atoms with E-state index in [9.17, 15) is 18.0 Å². The van der Waals surface area contributed by atoms with Gasteiger partial charge in [-0.05, 0) is 18.6 Å². The number of amides is 1. The van der Waals surface area contributed by atoms with E-state index in [-0.39, 0.29) is 10.8 Å². The Morgan fingerprint density at radius 2 is 2.12 bits per heavy atom. The topological polar surface area (TPSA) is 68.0 Å². The van der Waals surface area contributed by atoms with Crippen LogP contribution in [0, 0.1) is 0 Å². The van der Waals surface area contributed by atoms with Crippen molar-refractivity contribution in [1.82, 2.24) is 15.5 Å². The van der Waals surface area contributed by atoms with Gasteiger partial charge in [-0.2, -0.15) is 13.2 Å². The predicted molar refractivity (Wildman–Crippen MR) is 81.6 cm³/mol. The second-order valence-electron chi connectivity index (χ2n) is 5.03. The van der Waals surface area contributed by atoms with E-state index in [0.717, 1.165) is 16.7 Å². The molecule has 0 aliphatic rings. The fraction of sp³-hybridized carbons (Fsp3) is 0.267. The van der Waals surface area contributed by atoms with Crippen LogP contribution < -0.4 is 5.32 Å². The molecule has 3 rings (SSSR count). The Morgan fingerprint density at radius 1 is 1.38 bits per heavy atom. The quantitative estimate of drug-likeness (QED) is 0.762. The van der Waals surface area contributed by atoms with Crippen LogP contribution >= 0.6 is 11.3 Å². The van der Waals surface area contributed by atoms with Crippen LogP contribution in [0.2, 0.25) is 0 Å². The first-order valence-corrected chi connectivity index (χ1v) is 7.96.